The first kappa shape index (κ1) is 18.4. The number of amides is 2. The third kappa shape index (κ3) is 2.84. The highest BCUT2D eigenvalue weighted by Crippen LogP contribution is 2.47. The van der Waals surface area contributed by atoms with E-state index >= 15 is 0 Å². The van der Waals surface area contributed by atoms with Gasteiger partial charge in [0, 0.05) is 0 Å². The summed E-state index contributed by atoms with van der Waals surface area (Å²) in [6.07, 6.45) is -0.870. The van der Waals surface area contributed by atoms with Crippen LogP contribution in [-0.2, 0) is 14.4 Å². The first-order valence-corrected chi connectivity index (χ1v) is 9.77. The summed E-state index contributed by atoms with van der Waals surface area (Å²) >= 11 is 0. The smallest absolute Gasteiger partial charge is 0.266 e. The van der Waals surface area contributed by atoms with Gasteiger partial charge >= 0.3 is 0 Å². The minimum Gasteiger partial charge on any atom is -0.497 e. The van der Waals surface area contributed by atoms with E-state index in [0.29, 0.717) is 5.69 Å². The maximum absolute atomic E-state index is 13.5. The highest BCUT2D eigenvalue weighted by molar-refractivity contribution is 6.23. The molecule has 2 amide bonds. The molecule has 0 aromatic heterocycles. The Morgan fingerprint density at radius 3 is 1.97 bits per heavy atom. The molecule has 3 aromatic rings. The van der Waals surface area contributed by atoms with Crippen LogP contribution in [0.15, 0.2) is 84.9 Å². The van der Waals surface area contributed by atoms with E-state index in [1.165, 1.54) is 4.90 Å². The van der Waals surface area contributed by atoms with E-state index in [4.69, 9.17) is 9.57 Å². The van der Waals surface area contributed by atoms with E-state index in [9.17, 15) is 9.59 Å². The minimum atomic E-state index is -0.870. The average Bonchev–Trinajstić information content (AvgIpc) is 3.31. The van der Waals surface area contributed by atoms with Crippen molar-refractivity contribution in [2.45, 2.75) is 12.1 Å². The molecule has 150 valence electrons. The number of rotatable bonds is 4. The molecule has 2 aliphatic rings. The molecule has 6 nitrogen and oxygen atoms in total. The van der Waals surface area contributed by atoms with Crippen molar-refractivity contribution in [3.05, 3.63) is 90.5 Å². The topological polar surface area (TPSA) is 59.1 Å². The number of anilines is 2. The van der Waals surface area contributed by atoms with Gasteiger partial charge in [-0.15, -0.1) is 0 Å². The van der Waals surface area contributed by atoms with Crippen molar-refractivity contribution in [2.24, 2.45) is 5.92 Å². The van der Waals surface area contributed by atoms with Gasteiger partial charge in [0.2, 0.25) is 5.91 Å². The minimum absolute atomic E-state index is 0.254. The summed E-state index contributed by atoms with van der Waals surface area (Å²) in [4.78, 5) is 34.0. The van der Waals surface area contributed by atoms with Crippen LogP contribution in [0.2, 0.25) is 0 Å². The van der Waals surface area contributed by atoms with Crippen molar-refractivity contribution in [1.82, 2.24) is 0 Å². The molecule has 0 aliphatic carbocycles. The fourth-order valence-electron chi connectivity index (χ4n) is 4.18. The summed E-state index contributed by atoms with van der Waals surface area (Å²) < 4.78 is 5.27. The molecule has 2 saturated heterocycles. The standard InChI is InChI=1S/C24H20N2O4/c1-29-19-14-12-16(13-15-19)21-20-22(30-26(21)18-10-6-3-7-11-18)24(28)25(23(20)27)17-8-4-2-5-9-17/h2-15,20-22H,1H3/t20-,21+,22+/m1/s1. The SMILES string of the molecule is COc1ccc([C@H]2[C@H]3C(=O)N(c4ccccc4)C(=O)[C@H]3ON2c2ccccc2)cc1. The van der Waals surface area contributed by atoms with Crippen LogP contribution >= 0.6 is 0 Å². The molecule has 2 fully saturated rings. The van der Waals surface area contributed by atoms with E-state index < -0.39 is 18.1 Å². The summed E-state index contributed by atoms with van der Waals surface area (Å²) in [5.41, 5.74) is 2.23. The number of para-hydroxylation sites is 2. The van der Waals surface area contributed by atoms with Crippen LogP contribution in [0.4, 0.5) is 11.4 Å². The van der Waals surface area contributed by atoms with E-state index in [0.717, 1.165) is 17.0 Å². The van der Waals surface area contributed by atoms with E-state index in [-0.39, 0.29) is 11.8 Å². The number of benzene rings is 3. The zero-order valence-corrected chi connectivity index (χ0v) is 16.3. The van der Waals surface area contributed by atoms with Crippen molar-refractivity contribution in [1.29, 1.82) is 0 Å². The molecule has 0 saturated carbocycles. The second-order valence-electron chi connectivity index (χ2n) is 7.28. The zero-order chi connectivity index (χ0) is 20.7. The van der Waals surface area contributed by atoms with Crippen LogP contribution in [0, 0.1) is 5.92 Å². The molecule has 5 rings (SSSR count). The van der Waals surface area contributed by atoms with Gasteiger partial charge < -0.3 is 4.74 Å². The van der Waals surface area contributed by atoms with Crippen LogP contribution in [0.25, 0.3) is 0 Å². The molecule has 30 heavy (non-hydrogen) atoms. The first-order valence-electron chi connectivity index (χ1n) is 9.77. The maximum atomic E-state index is 13.5. The molecule has 0 N–H and O–H groups in total. The molecule has 0 unspecified atom stereocenters. The van der Waals surface area contributed by atoms with Crippen molar-refractivity contribution >= 4 is 23.2 Å². The number of carbonyl (C=O) groups excluding carboxylic acids is 2. The lowest BCUT2D eigenvalue weighted by atomic mass is 9.90. The third-order valence-electron chi connectivity index (χ3n) is 5.60. The Bertz CT molecular complexity index is 1070. The third-order valence-corrected chi connectivity index (χ3v) is 5.60. The summed E-state index contributed by atoms with van der Waals surface area (Å²) in [7, 11) is 1.61. The molecule has 3 atom stereocenters. The Balaban J connectivity index is 1.58. The Morgan fingerprint density at radius 2 is 1.37 bits per heavy atom. The second-order valence-corrected chi connectivity index (χ2v) is 7.28. The second kappa shape index (κ2) is 7.31. The Morgan fingerprint density at radius 1 is 0.767 bits per heavy atom. The van der Waals surface area contributed by atoms with Gasteiger partial charge in [0.25, 0.3) is 5.91 Å². The van der Waals surface area contributed by atoms with Crippen molar-refractivity contribution in [3.63, 3.8) is 0 Å². The summed E-state index contributed by atoms with van der Waals surface area (Å²) in [6, 6.07) is 25.6. The van der Waals surface area contributed by atoms with Crippen LogP contribution < -0.4 is 14.7 Å². The molecule has 2 heterocycles. The van der Waals surface area contributed by atoms with Gasteiger partial charge in [-0.05, 0) is 42.0 Å². The number of hydrogen-bond acceptors (Lipinski definition) is 5. The summed E-state index contributed by atoms with van der Waals surface area (Å²) in [5.74, 6) is -0.518. The molecule has 0 bridgehead atoms. The molecule has 0 radical (unpaired) electrons. The molecule has 2 aliphatic heterocycles. The zero-order valence-electron chi connectivity index (χ0n) is 16.3. The molecular weight excluding hydrogens is 380 g/mol. The summed E-state index contributed by atoms with van der Waals surface area (Å²) in [6.45, 7) is 0. The van der Waals surface area contributed by atoms with Gasteiger partial charge in [-0.3, -0.25) is 14.4 Å². The Hall–Kier alpha value is -3.64. The average molecular weight is 400 g/mol. The largest absolute Gasteiger partial charge is 0.497 e. The van der Waals surface area contributed by atoms with Crippen LogP contribution in [0.3, 0.4) is 0 Å². The Kier molecular flexibility index (Phi) is 4.48. The predicted octanol–water partition coefficient (Wildman–Crippen LogP) is 3.75. The number of ether oxygens (including phenoxy) is 1. The first-order chi connectivity index (χ1) is 14.7. The number of hydroxylamine groups is 1. The van der Waals surface area contributed by atoms with Gasteiger partial charge in [0.05, 0.1) is 24.5 Å². The number of methoxy groups -OCH3 is 1. The van der Waals surface area contributed by atoms with Crippen LogP contribution in [0.1, 0.15) is 11.6 Å². The maximum Gasteiger partial charge on any atom is 0.266 e. The predicted molar refractivity (Wildman–Crippen MR) is 112 cm³/mol. The number of hydrogen-bond donors (Lipinski definition) is 0. The van der Waals surface area contributed by atoms with E-state index in [1.807, 2.05) is 72.8 Å². The van der Waals surface area contributed by atoms with Crippen molar-refractivity contribution < 1.29 is 19.2 Å². The number of imide groups is 1. The van der Waals surface area contributed by atoms with E-state index in [1.54, 1.807) is 24.3 Å². The van der Waals surface area contributed by atoms with Gasteiger partial charge in [-0.1, -0.05) is 48.5 Å². The monoisotopic (exact) mass is 400 g/mol. The normalized spacial score (nSPS) is 23.0. The lowest BCUT2D eigenvalue weighted by Gasteiger charge is -2.28. The number of nitrogens with zero attached hydrogens (tertiary/aromatic N) is 2. The van der Waals surface area contributed by atoms with Crippen LogP contribution in [0.5, 0.6) is 5.75 Å². The quantitative estimate of drug-likeness (QED) is 0.625. The van der Waals surface area contributed by atoms with Crippen molar-refractivity contribution in [3.8, 4) is 5.75 Å². The van der Waals surface area contributed by atoms with Gasteiger partial charge in [0.15, 0.2) is 6.10 Å². The fourth-order valence-corrected chi connectivity index (χ4v) is 4.18. The van der Waals surface area contributed by atoms with Crippen molar-refractivity contribution in [2.75, 3.05) is 17.1 Å². The highest BCUT2D eigenvalue weighted by Gasteiger charge is 2.60. The van der Waals surface area contributed by atoms with Gasteiger partial charge in [0.1, 0.15) is 11.7 Å². The molecule has 6 heteroatoms. The molecule has 0 spiro atoms. The fraction of sp³-hybridized carbons (Fsp3) is 0.167. The number of fused-ring (bicyclic) bond motifs is 1. The lowest BCUT2D eigenvalue weighted by molar-refractivity contribution is -0.126. The highest BCUT2D eigenvalue weighted by atomic mass is 16.7. The lowest BCUT2D eigenvalue weighted by Crippen LogP contribution is -2.37. The number of carbonyl (C=O) groups is 2. The van der Waals surface area contributed by atoms with Crippen LogP contribution in [-0.4, -0.2) is 25.0 Å². The Labute approximate surface area is 174 Å². The molecular formula is C24H20N2O4. The summed E-state index contributed by atoms with van der Waals surface area (Å²) in [5, 5.41) is 1.69. The van der Waals surface area contributed by atoms with Gasteiger partial charge in [-0.25, -0.2) is 9.96 Å². The molecule has 3 aromatic carbocycles. The van der Waals surface area contributed by atoms with Gasteiger partial charge in [-0.2, -0.15) is 0 Å². The van der Waals surface area contributed by atoms with E-state index in [2.05, 4.69) is 0 Å².